The van der Waals surface area contributed by atoms with Gasteiger partial charge in [0.2, 0.25) is 0 Å². The second-order valence-corrected chi connectivity index (χ2v) is 0. The zero-order valence-electron chi connectivity index (χ0n) is 1.80. The second-order valence-electron chi connectivity index (χ2n) is 0. The number of hydrogen-bond donors (Lipinski definition) is 0. The van der Waals surface area contributed by atoms with Crippen LogP contribution in [0, 0.1) is 0 Å². The van der Waals surface area contributed by atoms with Crippen molar-refractivity contribution in [1.29, 1.82) is 0 Å². The van der Waals surface area contributed by atoms with Gasteiger partial charge in [-0.2, -0.15) is 0 Å². The first-order chi connectivity index (χ1) is 0. The Balaban J connectivity index is 0. The van der Waals surface area contributed by atoms with E-state index in [2.05, 4.69) is 0 Å². The van der Waals surface area contributed by atoms with Crippen molar-refractivity contribution < 1.29 is 21.1 Å². The smallest absolute Gasteiger partial charge is 3.00 e. The normalized spacial score (nSPS) is 0. The minimum atomic E-state index is 0. The molecule has 0 spiro atoms. The molecule has 0 atom stereocenters. The van der Waals surface area contributed by atoms with Gasteiger partial charge in [-0.05, 0) is 0 Å². The Bertz CT molecular complexity index is 6.00. The average molecular weight is 240 g/mol. The summed E-state index contributed by atoms with van der Waals surface area (Å²) in [4.78, 5) is 0. The van der Waals surface area contributed by atoms with E-state index >= 15 is 0 Å². The van der Waals surface area contributed by atoms with Crippen molar-refractivity contribution in [1.82, 2.24) is 0 Å². The van der Waals surface area contributed by atoms with Gasteiger partial charge in [-0.15, -0.1) is 0 Å². The summed E-state index contributed by atoms with van der Waals surface area (Å²) in [6.45, 7) is 0. The summed E-state index contributed by atoms with van der Waals surface area (Å²) in [7, 11) is 0. The number of hydrogen-bond acceptors (Lipinski definition) is 0. The van der Waals surface area contributed by atoms with Crippen LogP contribution in [0.4, 0.5) is 0 Å². The van der Waals surface area contributed by atoms with E-state index in [1.165, 1.54) is 0 Å². The van der Waals surface area contributed by atoms with Gasteiger partial charge < -0.3 is 12.3 Å². The summed E-state index contributed by atoms with van der Waals surface area (Å²) >= 11 is 0. The van der Waals surface area contributed by atoms with E-state index in [0.717, 1.165) is 0 Å². The largest absolute Gasteiger partial charge is 6.00 e. The molecule has 0 fully saturated rings. The third kappa shape index (κ3) is 13.8. The maximum Gasteiger partial charge on any atom is 6.00 e. The number of nitrogens with zero attached hydrogens (tertiary/aromatic N) is 2. The van der Waals surface area contributed by atoms with Gasteiger partial charge >= 0.3 is 21.1 Å². The molecule has 0 rings (SSSR count). The molecule has 0 bridgehead atoms. The number of rotatable bonds is 0. The molecule has 0 N–H and O–H groups in total. The first-order valence-electron chi connectivity index (χ1n) is 0. The fourth-order valence-electron chi connectivity index (χ4n) is 0. The fraction of sp³-hybridized carbons (Fsp3) is 0. The summed E-state index contributed by atoms with van der Waals surface area (Å²) in [6, 6.07) is 0. The van der Waals surface area contributed by atoms with E-state index < -0.39 is 0 Å². The quantitative estimate of drug-likeness (QED) is 0.543. The molecule has 0 heterocycles. The van der Waals surface area contributed by atoms with Gasteiger partial charge in [0.1, 0.15) is 0 Å². The van der Waals surface area contributed by atoms with E-state index in [9.17, 15) is 0 Å². The molecule has 0 aliphatic rings. The first kappa shape index (κ1) is 104. The summed E-state index contributed by atoms with van der Waals surface area (Å²) in [5.74, 6) is 0. The van der Waals surface area contributed by atoms with Crippen LogP contribution < -0.4 is 0 Å². The van der Waals surface area contributed by atoms with Gasteiger partial charge in [-0.1, -0.05) is 0 Å². The van der Waals surface area contributed by atoms with Crippen molar-refractivity contribution in [3.8, 4) is 0 Å². The van der Waals surface area contributed by atoms with Gasteiger partial charge in [0, 0.05) is 11.0 Å². The molecule has 0 aromatic rings. The maximum atomic E-state index is 0. The molecule has 0 aliphatic carbocycles. The summed E-state index contributed by atoms with van der Waals surface area (Å²) < 4.78 is 0. The van der Waals surface area contributed by atoms with Crippen LogP contribution >= 0.6 is 0 Å². The van der Waals surface area contributed by atoms with Crippen LogP contribution in [0.5, 0.6) is 0 Å². The Morgan fingerprint density at radius 2 is 0.750 bits per heavy atom. The van der Waals surface area contributed by atoms with Crippen molar-refractivity contribution in [3.05, 3.63) is 12.3 Å². The van der Waals surface area contributed by atoms with Crippen molar-refractivity contribution in [2.45, 2.75) is 0 Å². The van der Waals surface area contributed by atoms with Gasteiger partial charge in [0.05, 0.1) is 0 Å². The molecule has 2 nitrogen and oxygen atoms in total. The molecular weight excluding hydrogens is 240 g/mol. The predicted octanol–water partition coefficient (Wildman–Crippen LogP) is 0.194. The Morgan fingerprint density at radius 3 is 0.750 bits per heavy atom. The van der Waals surface area contributed by atoms with E-state index in [-0.39, 0.29) is 44.3 Å². The molecule has 0 unspecified atom stereocenters. The monoisotopic (exact) mass is 240 g/mol. The molecule has 4 heavy (non-hydrogen) atoms. The van der Waals surface area contributed by atoms with E-state index in [1.807, 2.05) is 0 Å². The predicted molar refractivity (Wildman–Crippen MR) is 12.5 cm³/mol. The van der Waals surface area contributed by atoms with Crippen molar-refractivity contribution in [2.75, 3.05) is 0 Å². The average Bonchev–Trinajstić information content (AvgIpc) is 0. The van der Waals surface area contributed by atoms with E-state index in [1.54, 1.807) is 0 Å². The maximum absolute atomic E-state index is 0. The van der Waals surface area contributed by atoms with Crippen LogP contribution in [0.25, 0.3) is 12.3 Å². The molecule has 0 aliphatic heterocycles. The molecule has 0 saturated carbocycles. The molecule has 0 aromatic carbocycles. The Kier molecular flexibility index (Phi) is 1160. The van der Waals surface area contributed by atoms with Gasteiger partial charge in [-0.25, -0.2) is 0 Å². The van der Waals surface area contributed by atoms with Crippen LogP contribution in [0.3, 0.4) is 0 Å². The molecule has 0 saturated heterocycles. The molecule has 0 aromatic heterocycles. The van der Waals surface area contributed by atoms with Crippen LogP contribution in [0.2, 0.25) is 0 Å². The molecule has 4 radical (unpaired) electrons. The van der Waals surface area contributed by atoms with Crippen LogP contribution in [0.15, 0.2) is 0 Å². The van der Waals surface area contributed by atoms with E-state index in [0.29, 0.717) is 0 Å². The Hall–Kier alpha value is 0.825. The van der Waals surface area contributed by atoms with Gasteiger partial charge in [0.25, 0.3) is 0 Å². The van der Waals surface area contributed by atoms with Crippen molar-refractivity contribution in [3.63, 3.8) is 0 Å². The minimum Gasteiger partial charge on any atom is -3.00 e. The summed E-state index contributed by atoms with van der Waals surface area (Å²) in [6.07, 6.45) is 0. The topological polar surface area (TPSA) is 61.0 Å². The van der Waals surface area contributed by atoms with Gasteiger partial charge in [-0.3, -0.25) is 0 Å². The minimum absolute atomic E-state index is 0. The zero-order chi connectivity index (χ0) is 0. The standard InChI is InChI=1S/2N.Si.W/q2*-3;;+6. The van der Waals surface area contributed by atoms with Crippen molar-refractivity contribution in [2.24, 2.45) is 0 Å². The van der Waals surface area contributed by atoms with Crippen molar-refractivity contribution >= 4 is 11.0 Å². The zero-order valence-corrected chi connectivity index (χ0v) is 5.74. The Labute approximate surface area is 44.8 Å². The summed E-state index contributed by atoms with van der Waals surface area (Å²) in [5.41, 5.74) is 0. The molecule has 4 heteroatoms. The molecular formula is N2SiW. The molecule has 0 amide bonds. The first-order valence-corrected chi connectivity index (χ1v) is 0. The second kappa shape index (κ2) is 44.8. The molecule has 20 valence electrons. The third-order valence-electron chi connectivity index (χ3n) is 0. The third-order valence-corrected chi connectivity index (χ3v) is 0. The fourth-order valence-corrected chi connectivity index (χ4v) is 0. The SMILES string of the molecule is [N-3].[N-3].[Si].[W+6]. The van der Waals surface area contributed by atoms with E-state index in [4.69, 9.17) is 0 Å². The van der Waals surface area contributed by atoms with Crippen LogP contribution in [0.1, 0.15) is 0 Å². The van der Waals surface area contributed by atoms with Crippen LogP contribution in [-0.2, 0) is 21.1 Å². The Morgan fingerprint density at radius 1 is 0.750 bits per heavy atom. The summed E-state index contributed by atoms with van der Waals surface area (Å²) in [5, 5.41) is 0. The van der Waals surface area contributed by atoms with Crippen LogP contribution in [-0.4, -0.2) is 11.0 Å². The van der Waals surface area contributed by atoms with Gasteiger partial charge in [0.15, 0.2) is 0 Å².